The molecule has 1 rings (SSSR count). The fraction of sp³-hybridized carbons (Fsp3) is 0.500. The molecule has 96 valence electrons. The summed E-state index contributed by atoms with van der Waals surface area (Å²) in [6.45, 7) is 4.16. The first-order valence-electron chi connectivity index (χ1n) is 5.54. The molecule has 1 aromatic carbocycles. The van der Waals surface area contributed by atoms with Crippen molar-refractivity contribution < 1.29 is 17.6 Å². The SMILES string of the molecule is CO[Si](C)(C)CCCc1cc(F)c(F)c(F)c1. The first-order valence-corrected chi connectivity index (χ1v) is 8.66. The van der Waals surface area contributed by atoms with E-state index in [0.717, 1.165) is 24.6 Å². The van der Waals surface area contributed by atoms with E-state index in [4.69, 9.17) is 4.43 Å². The highest BCUT2D eigenvalue weighted by Crippen LogP contribution is 2.18. The van der Waals surface area contributed by atoms with Crippen molar-refractivity contribution in [2.24, 2.45) is 0 Å². The summed E-state index contributed by atoms with van der Waals surface area (Å²) >= 11 is 0. The van der Waals surface area contributed by atoms with Gasteiger partial charge in [-0.15, -0.1) is 0 Å². The maximum Gasteiger partial charge on any atom is 0.194 e. The number of hydrogen-bond donors (Lipinski definition) is 0. The van der Waals surface area contributed by atoms with E-state index in [-0.39, 0.29) is 0 Å². The van der Waals surface area contributed by atoms with Gasteiger partial charge in [-0.1, -0.05) is 0 Å². The predicted octanol–water partition coefficient (Wildman–Crippen LogP) is 3.89. The second-order valence-electron chi connectivity index (χ2n) is 4.69. The van der Waals surface area contributed by atoms with Crippen LogP contribution in [0.4, 0.5) is 13.2 Å². The van der Waals surface area contributed by atoms with Crippen molar-refractivity contribution in [2.75, 3.05) is 7.11 Å². The highest BCUT2D eigenvalue weighted by Gasteiger charge is 2.19. The summed E-state index contributed by atoms with van der Waals surface area (Å²) in [7, 11) is 0.0532. The van der Waals surface area contributed by atoms with Crippen LogP contribution in [0.2, 0.25) is 19.1 Å². The first-order chi connectivity index (χ1) is 7.85. The van der Waals surface area contributed by atoms with E-state index in [2.05, 4.69) is 13.1 Å². The molecule has 0 bridgehead atoms. The molecule has 0 unspecified atom stereocenters. The summed E-state index contributed by atoms with van der Waals surface area (Å²) in [5.74, 6) is -3.65. The van der Waals surface area contributed by atoms with Crippen LogP contribution in [0.3, 0.4) is 0 Å². The van der Waals surface area contributed by atoms with E-state index in [1.807, 2.05) is 0 Å². The minimum absolute atomic E-state index is 0.488. The molecule has 0 aromatic heterocycles. The predicted molar refractivity (Wildman–Crippen MR) is 63.9 cm³/mol. The molecule has 17 heavy (non-hydrogen) atoms. The Balaban J connectivity index is 2.59. The zero-order valence-corrected chi connectivity index (χ0v) is 11.3. The second kappa shape index (κ2) is 5.69. The summed E-state index contributed by atoms with van der Waals surface area (Å²) < 4.78 is 44.0. The van der Waals surface area contributed by atoms with Crippen molar-refractivity contribution in [1.29, 1.82) is 0 Å². The minimum Gasteiger partial charge on any atom is -0.420 e. The molecular formula is C12H17F3OSi. The van der Waals surface area contributed by atoms with Crippen molar-refractivity contribution in [3.63, 3.8) is 0 Å². The Morgan fingerprint density at radius 1 is 1.12 bits per heavy atom. The van der Waals surface area contributed by atoms with Crippen LogP contribution in [0.1, 0.15) is 12.0 Å². The summed E-state index contributed by atoms with van der Waals surface area (Å²) in [6.07, 6.45) is 1.32. The van der Waals surface area contributed by atoms with Crippen LogP contribution in [0.25, 0.3) is 0 Å². The molecule has 0 fully saturated rings. The van der Waals surface area contributed by atoms with E-state index in [9.17, 15) is 13.2 Å². The van der Waals surface area contributed by atoms with Gasteiger partial charge in [0.15, 0.2) is 25.8 Å². The molecule has 0 radical (unpaired) electrons. The van der Waals surface area contributed by atoms with Gasteiger partial charge in [0.05, 0.1) is 0 Å². The average Bonchev–Trinajstić information content (AvgIpc) is 2.25. The van der Waals surface area contributed by atoms with Crippen LogP contribution in [0.5, 0.6) is 0 Å². The molecule has 0 spiro atoms. The van der Waals surface area contributed by atoms with Gasteiger partial charge in [0, 0.05) is 7.11 Å². The third kappa shape index (κ3) is 4.16. The van der Waals surface area contributed by atoms with Crippen LogP contribution in [-0.4, -0.2) is 15.4 Å². The molecule has 1 nitrogen and oxygen atoms in total. The Hall–Kier alpha value is -0.813. The van der Waals surface area contributed by atoms with Gasteiger partial charge < -0.3 is 4.43 Å². The Bertz CT molecular complexity index is 370. The van der Waals surface area contributed by atoms with Crippen molar-refractivity contribution in [3.8, 4) is 0 Å². The van der Waals surface area contributed by atoms with Gasteiger partial charge >= 0.3 is 0 Å². The monoisotopic (exact) mass is 262 g/mol. The zero-order valence-electron chi connectivity index (χ0n) is 10.3. The Morgan fingerprint density at radius 3 is 2.12 bits per heavy atom. The van der Waals surface area contributed by atoms with Crippen LogP contribution >= 0.6 is 0 Å². The Labute approximate surface area is 101 Å². The number of halogens is 3. The number of hydrogen-bond acceptors (Lipinski definition) is 1. The molecule has 0 aliphatic rings. The zero-order chi connectivity index (χ0) is 13.1. The van der Waals surface area contributed by atoms with E-state index in [1.54, 1.807) is 7.11 Å². The lowest BCUT2D eigenvalue weighted by molar-refractivity contribution is 0.402. The van der Waals surface area contributed by atoms with Gasteiger partial charge in [-0.05, 0) is 49.7 Å². The lowest BCUT2D eigenvalue weighted by atomic mass is 10.1. The molecule has 1 aromatic rings. The van der Waals surface area contributed by atoms with Gasteiger partial charge in [0.25, 0.3) is 0 Å². The number of benzene rings is 1. The Kier molecular flexibility index (Phi) is 4.77. The van der Waals surface area contributed by atoms with E-state index in [0.29, 0.717) is 12.0 Å². The molecule has 0 saturated heterocycles. The molecular weight excluding hydrogens is 245 g/mol. The van der Waals surface area contributed by atoms with E-state index >= 15 is 0 Å². The number of aryl methyl sites for hydroxylation is 1. The third-order valence-electron chi connectivity index (χ3n) is 2.84. The van der Waals surface area contributed by atoms with Gasteiger partial charge in [0.2, 0.25) is 0 Å². The maximum absolute atomic E-state index is 12.9. The number of rotatable bonds is 5. The fourth-order valence-electron chi connectivity index (χ4n) is 1.57. The standard InChI is InChI=1S/C12H17F3OSi/c1-16-17(2,3)6-4-5-9-7-10(13)12(15)11(14)8-9/h7-8H,4-6H2,1-3H3. The van der Waals surface area contributed by atoms with Gasteiger partial charge in [0.1, 0.15) is 0 Å². The lowest BCUT2D eigenvalue weighted by Crippen LogP contribution is -2.28. The molecule has 0 N–H and O–H groups in total. The highest BCUT2D eigenvalue weighted by atomic mass is 28.4. The molecule has 0 saturated carbocycles. The summed E-state index contributed by atoms with van der Waals surface area (Å²) in [4.78, 5) is 0. The van der Waals surface area contributed by atoms with Crippen molar-refractivity contribution in [3.05, 3.63) is 35.1 Å². The van der Waals surface area contributed by atoms with E-state index in [1.165, 1.54) is 0 Å². The Morgan fingerprint density at radius 2 is 1.65 bits per heavy atom. The van der Waals surface area contributed by atoms with E-state index < -0.39 is 25.8 Å². The van der Waals surface area contributed by atoms with Gasteiger partial charge in [-0.3, -0.25) is 0 Å². The summed E-state index contributed by atoms with van der Waals surface area (Å²) in [5, 5.41) is 0. The average molecular weight is 262 g/mol. The first kappa shape index (κ1) is 14.2. The maximum atomic E-state index is 12.9. The lowest BCUT2D eigenvalue weighted by Gasteiger charge is -2.19. The highest BCUT2D eigenvalue weighted by molar-refractivity contribution is 6.71. The van der Waals surface area contributed by atoms with Gasteiger partial charge in [-0.2, -0.15) is 0 Å². The largest absolute Gasteiger partial charge is 0.420 e. The molecule has 0 aliphatic carbocycles. The summed E-state index contributed by atoms with van der Waals surface area (Å²) in [6, 6.07) is 3.02. The molecule has 0 amide bonds. The quantitative estimate of drug-likeness (QED) is 0.578. The molecule has 5 heteroatoms. The van der Waals surface area contributed by atoms with Crippen LogP contribution in [-0.2, 0) is 10.8 Å². The smallest absolute Gasteiger partial charge is 0.194 e. The van der Waals surface area contributed by atoms with Gasteiger partial charge in [-0.25, -0.2) is 13.2 Å². The second-order valence-corrected chi connectivity index (χ2v) is 9.12. The van der Waals surface area contributed by atoms with Crippen LogP contribution < -0.4 is 0 Å². The van der Waals surface area contributed by atoms with Crippen LogP contribution in [0, 0.1) is 17.5 Å². The molecule has 0 atom stereocenters. The topological polar surface area (TPSA) is 9.23 Å². The third-order valence-corrected chi connectivity index (χ3v) is 5.50. The summed E-state index contributed by atoms with van der Waals surface area (Å²) in [5.41, 5.74) is 0.488. The van der Waals surface area contributed by atoms with Crippen molar-refractivity contribution in [1.82, 2.24) is 0 Å². The fourth-order valence-corrected chi connectivity index (χ4v) is 2.80. The molecule has 0 aliphatic heterocycles. The van der Waals surface area contributed by atoms with Crippen molar-refractivity contribution in [2.45, 2.75) is 32.0 Å². The molecule has 0 heterocycles. The minimum atomic E-state index is -1.63. The van der Waals surface area contributed by atoms with Crippen LogP contribution in [0.15, 0.2) is 12.1 Å². The van der Waals surface area contributed by atoms with Crippen molar-refractivity contribution >= 4 is 8.32 Å². The normalized spacial score (nSPS) is 11.9.